The Bertz CT molecular complexity index is 2830. The van der Waals surface area contributed by atoms with E-state index >= 15 is 0 Å². The normalized spacial score (nSPS) is 11.5. The molecule has 8 aromatic carbocycles. The standard InChI is InChI=1S/C48H32N2O/c1-2-15-33(16-3-1)34-17-12-18-35(31-34)49(36-19-13-20-37(32-36)50-44-27-9-4-21-38(44)39-22-5-10-28-45(39)50)43-26-8-6-23-40(43)41-25-14-30-47-48(41)42-24-7-11-29-46(42)51-47/h1-32H. The van der Waals surface area contributed by atoms with Crippen molar-refractivity contribution in [2.75, 3.05) is 4.90 Å². The Morgan fingerprint density at radius 3 is 1.76 bits per heavy atom. The van der Waals surface area contributed by atoms with Crippen molar-refractivity contribution in [3.05, 3.63) is 194 Å². The van der Waals surface area contributed by atoms with Crippen LogP contribution < -0.4 is 4.90 Å². The van der Waals surface area contributed by atoms with Crippen molar-refractivity contribution < 1.29 is 4.42 Å². The highest BCUT2D eigenvalue weighted by Gasteiger charge is 2.21. The van der Waals surface area contributed by atoms with E-state index in [-0.39, 0.29) is 0 Å². The van der Waals surface area contributed by atoms with E-state index in [2.05, 4.69) is 191 Å². The third kappa shape index (κ3) is 4.82. The van der Waals surface area contributed by atoms with Crippen molar-refractivity contribution in [3.63, 3.8) is 0 Å². The molecule has 0 amide bonds. The molecule has 0 radical (unpaired) electrons. The highest BCUT2D eigenvalue weighted by Crippen LogP contribution is 2.45. The third-order valence-electron chi connectivity index (χ3n) is 9.98. The van der Waals surface area contributed by atoms with Crippen LogP contribution in [0.5, 0.6) is 0 Å². The number of benzene rings is 8. The highest BCUT2D eigenvalue weighted by molar-refractivity contribution is 6.14. The van der Waals surface area contributed by atoms with E-state index in [9.17, 15) is 0 Å². The van der Waals surface area contributed by atoms with E-state index in [1.165, 1.54) is 27.4 Å². The number of furan rings is 1. The van der Waals surface area contributed by atoms with Gasteiger partial charge in [-0.05, 0) is 77.4 Å². The van der Waals surface area contributed by atoms with Crippen LogP contribution in [-0.4, -0.2) is 4.57 Å². The molecule has 3 heteroatoms. The Morgan fingerprint density at radius 1 is 0.392 bits per heavy atom. The first-order valence-electron chi connectivity index (χ1n) is 17.4. The van der Waals surface area contributed by atoms with Gasteiger partial charge in [0.25, 0.3) is 0 Å². The lowest BCUT2D eigenvalue weighted by Gasteiger charge is -2.29. The zero-order valence-electron chi connectivity index (χ0n) is 27.8. The Balaban J connectivity index is 1.23. The van der Waals surface area contributed by atoms with Crippen molar-refractivity contribution in [2.45, 2.75) is 0 Å². The van der Waals surface area contributed by atoms with Crippen LogP contribution in [0.1, 0.15) is 0 Å². The van der Waals surface area contributed by atoms with Gasteiger partial charge in [0.2, 0.25) is 0 Å². The predicted molar refractivity (Wildman–Crippen MR) is 214 cm³/mol. The van der Waals surface area contributed by atoms with Gasteiger partial charge in [0.15, 0.2) is 0 Å². The maximum atomic E-state index is 6.36. The Morgan fingerprint density at radius 2 is 0.961 bits per heavy atom. The molecular formula is C48H32N2O. The Hall–Kier alpha value is -6.84. The maximum absolute atomic E-state index is 6.36. The lowest BCUT2D eigenvalue weighted by Crippen LogP contribution is -2.12. The van der Waals surface area contributed by atoms with Crippen molar-refractivity contribution in [2.24, 2.45) is 0 Å². The molecular weight excluding hydrogens is 621 g/mol. The van der Waals surface area contributed by atoms with Crippen molar-refractivity contribution in [1.29, 1.82) is 0 Å². The number of hydrogen-bond donors (Lipinski definition) is 0. The second-order valence-corrected chi connectivity index (χ2v) is 12.9. The number of nitrogens with zero attached hydrogens (tertiary/aromatic N) is 2. The second kappa shape index (κ2) is 11.9. The fourth-order valence-electron chi connectivity index (χ4n) is 7.75. The highest BCUT2D eigenvalue weighted by atomic mass is 16.3. The van der Waals surface area contributed by atoms with Crippen molar-refractivity contribution >= 4 is 60.8 Å². The molecule has 51 heavy (non-hydrogen) atoms. The molecule has 3 nitrogen and oxygen atoms in total. The van der Waals surface area contributed by atoms with Crippen molar-refractivity contribution in [1.82, 2.24) is 4.57 Å². The summed E-state index contributed by atoms with van der Waals surface area (Å²) < 4.78 is 8.75. The minimum absolute atomic E-state index is 0.884. The summed E-state index contributed by atoms with van der Waals surface area (Å²) in [5, 5.41) is 4.73. The lowest BCUT2D eigenvalue weighted by atomic mass is 9.96. The third-order valence-corrected chi connectivity index (χ3v) is 9.98. The minimum atomic E-state index is 0.884. The molecule has 0 saturated heterocycles. The molecule has 10 aromatic rings. The molecule has 2 heterocycles. The van der Waals surface area contributed by atoms with E-state index in [0.717, 1.165) is 61.4 Å². The molecule has 0 unspecified atom stereocenters. The van der Waals surface area contributed by atoms with E-state index in [4.69, 9.17) is 4.42 Å². The fourth-order valence-corrected chi connectivity index (χ4v) is 7.75. The van der Waals surface area contributed by atoms with Crippen LogP contribution in [0.3, 0.4) is 0 Å². The van der Waals surface area contributed by atoms with Gasteiger partial charge in [-0.15, -0.1) is 0 Å². The van der Waals surface area contributed by atoms with E-state index in [1.54, 1.807) is 0 Å². The predicted octanol–water partition coefficient (Wildman–Crippen LogP) is 13.5. The Kier molecular flexibility index (Phi) is 6.81. The first-order valence-corrected chi connectivity index (χ1v) is 17.4. The van der Waals surface area contributed by atoms with Gasteiger partial charge in [-0.2, -0.15) is 0 Å². The molecule has 240 valence electrons. The first-order chi connectivity index (χ1) is 25.3. The molecule has 0 N–H and O–H groups in total. The Labute approximate surface area is 295 Å². The number of rotatable bonds is 6. The summed E-state index contributed by atoms with van der Waals surface area (Å²) in [4.78, 5) is 2.40. The van der Waals surface area contributed by atoms with Crippen LogP contribution in [-0.2, 0) is 0 Å². The zero-order chi connectivity index (χ0) is 33.7. The first kappa shape index (κ1) is 29.1. The molecule has 2 aromatic heterocycles. The maximum Gasteiger partial charge on any atom is 0.136 e. The smallest absolute Gasteiger partial charge is 0.136 e. The average molecular weight is 653 g/mol. The molecule has 10 rings (SSSR count). The number of anilines is 3. The van der Waals surface area contributed by atoms with Crippen molar-refractivity contribution in [3.8, 4) is 27.9 Å². The van der Waals surface area contributed by atoms with Crippen LogP contribution in [0.15, 0.2) is 199 Å². The topological polar surface area (TPSA) is 21.3 Å². The fraction of sp³-hybridized carbons (Fsp3) is 0. The van der Waals surface area contributed by atoms with Crippen LogP contribution >= 0.6 is 0 Å². The molecule has 0 aliphatic heterocycles. The molecule has 0 aliphatic carbocycles. The second-order valence-electron chi connectivity index (χ2n) is 12.9. The number of fused-ring (bicyclic) bond motifs is 6. The summed E-state index contributed by atoms with van der Waals surface area (Å²) in [5.41, 5.74) is 13.1. The minimum Gasteiger partial charge on any atom is -0.456 e. The van der Waals surface area contributed by atoms with Crippen LogP contribution in [0.4, 0.5) is 17.1 Å². The van der Waals surface area contributed by atoms with E-state index < -0.39 is 0 Å². The van der Waals surface area contributed by atoms with Gasteiger partial charge in [0.1, 0.15) is 11.2 Å². The molecule has 0 aliphatic rings. The molecule has 0 spiro atoms. The quantitative estimate of drug-likeness (QED) is 0.178. The zero-order valence-corrected chi connectivity index (χ0v) is 27.8. The van der Waals surface area contributed by atoms with E-state index in [0.29, 0.717) is 0 Å². The summed E-state index contributed by atoms with van der Waals surface area (Å²) in [6, 6.07) is 69.2. The molecule has 0 fully saturated rings. The molecule has 0 bridgehead atoms. The van der Waals surface area contributed by atoms with Crippen LogP contribution in [0.25, 0.3) is 71.7 Å². The van der Waals surface area contributed by atoms with Gasteiger partial charge < -0.3 is 13.9 Å². The summed E-state index contributed by atoms with van der Waals surface area (Å²) in [6.45, 7) is 0. The summed E-state index contributed by atoms with van der Waals surface area (Å²) in [6.07, 6.45) is 0. The number of aromatic nitrogens is 1. The lowest BCUT2D eigenvalue weighted by molar-refractivity contribution is 0.669. The number of para-hydroxylation sites is 4. The summed E-state index contributed by atoms with van der Waals surface area (Å²) in [5.74, 6) is 0. The number of hydrogen-bond acceptors (Lipinski definition) is 2. The monoisotopic (exact) mass is 652 g/mol. The van der Waals surface area contributed by atoms with Gasteiger partial charge >= 0.3 is 0 Å². The van der Waals surface area contributed by atoms with E-state index in [1.807, 2.05) is 12.1 Å². The average Bonchev–Trinajstić information content (AvgIpc) is 3.75. The van der Waals surface area contributed by atoms with Gasteiger partial charge in [0, 0.05) is 44.2 Å². The SMILES string of the molecule is c1ccc(-c2cccc(N(c3cccc(-n4c5ccccc5c5ccccc54)c3)c3ccccc3-c3cccc4oc5ccccc5c34)c2)cc1. The van der Waals surface area contributed by atoms with Crippen LogP contribution in [0.2, 0.25) is 0 Å². The van der Waals surface area contributed by atoms with Crippen LogP contribution in [0, 0.1) is 0 Å². The summed E-state index contributed by atoms with van der Waals surface area (Å²) >= 11 is 0. The molecule has 0 saturated carbocycles. The van der Waals surface area contributed by atoms with Gasteiger partial charge in [-0.1, -0.05) is 133 Å². The van der Waals surface area contributed by atoms with Gasteiger partial charge in [0.05, 0.1) is 16.7 Å². The largest absolute Gasteiger partial charge is 0.456 e. The summed E-state index contributed by atoms with van der Waals surface area (Å²) in [7, 11) is 0. The van der Waals surface area contributed by atoms with Gasteiger partial charge in [-0.3, -0.25) is 0 Å². The van der Waals surface area contributed by atoms with Gasteiger partial charge in [-0.25, -0.2) is 0 Å². The molecule has 0 atom stereocenters.